The zero-order chi connectivity index (χ0) is 14.0. The van der Waals surface area contributed by atoms with Gasteiger partial charge in [-0.2, -0.15) is 0 Å². The number of nitrogens with zero attached hydrogens (tertiary/aromatic N) is 3. The van der Waals surface area contributed by atoms with Gasteiger partial charge in [0.15, 0.2) is 11.3 Å². The van der Waals surface area contributed by atoms with E-state index in [1.54, 1.807) is 12.1 Å². The molecule has 0 bridgehead atoms. The Kier molecular flexibility index (Phi) is 4.04. The standard InChI is InChI=1S/C12H15BrN4O2/c1-7(2)5-6-14-8-3-4-9-15-10(12(18)19)11(13)17(9)16-8/h3-4,7H,5-6H2,1-2H3,(H,14,16)(H,18,19). The van der Waals surface area contributed by atoms with Gasteiger partial charge in [0.05, 0.1) is 0 Å². The van der Waals surface area contributed by atoms with Crippen LogP contribution in [0.3, 0.4) is 0 Å². The summed E-state index contributed by atoms with van der Waals surface area (Å²) in [6, 6.07) is 3.53. The van der Waals surface area contributed by atoms with Crippen molar-refractivity contribution >= 4 is 33.4 Å². The van der Waals surface area contributed by atoms with Gasteiger partial charge in [0, 0.05) is 6.54 Å². The Morgan fingerprint density at radius 3 is 2.89 bits per heavy atom. The number of hydrogen-bond acceptors (Lipinski definition) is 4. The van der Waals surface area contributed by atoms with Crippen molar-refractivity contribution < 1.29 is 9.90 Å². The van der Waals surface area contributed by atoms with E-state index in [0.29, 0.717) is 22.0 Å². The van der Waals surface area contributed by atoms with Crippen LogP contribution in [0.25, 0.3) is 5.65 Å². The maximum Gasteiger partial charge on any atom is 0.357 e. The van der Waals surface area contributed by atoms with Gasteiger partial charge in [-0.05, 0) is 40.4 Å². The molecule has 2 aromatic rings. The summed E-state index contributed by atoms with van der Waals surface area (Å²) in [6.07, 6.45) is 1.05. The van der Waals surface area contributed by atoms with Gasteiger partial charge in [0.25, 0.3) is 0 Å². The lowest BCUT2D eigenvalue weighted by Crippen LogP contribution is -2.07. The first-order valence-corrected chi connectivity index (χ1v) is 6.80. The molecule has 0 saturated heterocycles. The summed E-state index contributed by atoms with van der Waals surface area (Å²) in [5.74, 6) is 0.240. The van der Waals surface area contributed by atoms with Crippen LogP contribution in [0.15, 0.2) is 16.7 Å². The second-order valence-electron chi connectivity index (χ2n) is 4.65. The molecular weight excluding hydrogens is 312 g/mol. The minimum absolute atomic E-state index is 0.0353. The fourth-order valence-corrected chi connectivity index (χ4v) is 2.14. The number of carbonyl (C=O) groups is 1. The Balaban J connectivity index is 2.25. The quantitative estimate of drug-likeness (QED) is 0.882. The van der Waals surface area contributed by atoms with Gasteiger partial charge in [0.1, 0.15) is 10.4 Å². The number of carboxylic acid groups (broad SMARTS) is 1. The highest BCUT2D eigenvalue weighted by molar-refractivity contribution is 9.10. The highest BCUT2D eigenvalue weighted by Crippen LogP contribution is 2.19. The molecule has 0 aliphatic carbocycles. The first-order chi connectivity index (χ1) is 8.99. The predicted octanol–water partition coefficient (Wildman–Crippen LogP) is 2.65. The lowest BCUT2D eigenvalue weighted by Gasteiger charge is -2.07. The molecule has 19 heavy (non-hydrogen) atoms. The smallest absolute Gasteiger partial charge is 0.357 e. The summed E-state index contributed by atoms with van der Waals surface area (Å²) >= 11 is 3.21. The van der Waals surface area contributed by atoms with E-state index in [4.69, 9.17) is 5.11 Å². The number of hydrogen-bond donors (Lipinski definition) is 2. The Morgan fingerprint density at radius 1 is 1.53 bits per heavy atom. The van der Waals surface area contributed by atoms with Crippen LogP contribution in [0.5, 0.6) is 0 Å². The van der Waals surface area contributed by atoms with Crippen molar-refractivity contribution in [3.63, 3.8) is 0 Å². The number of rotatable bonds is 5. The Labute approximate surface area is 119 Å². The summed E-state index contributed by atoms with van der Waals surface area (Å²) in [5, 5.41) is 16.5. The normalized spacial score (nSPS) is 11.2. The molecule has 0 spiro atoms. The molecule has 0 aliphatic rings. The molecule has 0 saturated carbocycles. The molecular formula is C12H15BrN4O2. The molecule has 2 aromatic heterocycles. The Bertz CT molecular complexity index is 609. The molecule has 0 unspecified atom stereocenters. The minimum atomic E-state index is -1.08. The highest BCUT2D eigenvalue weighted by Gasteiger charge is 2.17. The summed E-state index contributed by atoms with van der Waals surface area (Å²) < 4.78 is 1.82. The second-order valence-corrected chi connectivity index (χ2v) is 5.41. The fraction of sp³-hybridized carbons (Fsp3) is 0.417. The van der Waals surface area contributed by atoms with Crippen molar-refractivity contribution in [3.05, 3.63) is 22.4 Å². The molecule has 102 valence electrons. The average molecular weight is 327 g/mol. The molecule has 2 N–H and O–H groups in total. The summed E-state index contributed by atoms with van der Waals surface area (Å²) in [6.45, 7) is 5.14. The molecule has 0 radical (unpaired) electrons. The van der Waals surface area contributed by atoms with E-state index in [9.17, 15) is 4.79 Å². The van der Waals surface area contributed by atoms with Gasteiger partial charge in [-0.25, -0.2) is 14.3 Å². The molecule has 0 aliphatic heterocycles. The maximum atomic E-state index is 11.0. The van der Waals surface area contributed by atoms with Gasteiger partial charge in [-0.3, -0.25) is 0 Å². The predicted molar refractivity (Wildman–Crippen MR) is 75.6 cm³/mol. The lowest BCUT2D eigenvalue weighted by atomic mass is 10.1. The highest BCUT2D eigenvalue weighted by atomic mass is 79.9. The van der Waals surface area contributed by atoms with E-state index in [2.05, 4.69) is 45.2 Å². The zero-order valence-corrected chi connectivity index (χ0v) is 12.3. The summed E-state index contributed by atoms with van der Waals surface area (Å²) in [4.78, 5) is 15.0. The van der Waals surface area contributed by atoms with E-state index < -0.39 is 5.97 Å². The Morgan fingerprint density at radius 2 is 2.26 bits per heavy atom. The van der Waals surface area contributed by atoms with Crippen molar-refractivity contribution in [1.82, 2.24) is 14.6 Å². The van der Waals surface area contributed by atoms with Crippen LogP contribution in [-0.2, 0) is 0 Å². The van der Waals surface area contributed by atoms with Gasteiger partial charge >= 0.3 is 5.97 Å². The number of fused-ring (bicyclic) bond motifs is 1. The molecule has 2 rings (SSSR count). The van der Waals surface area contributed by atoms with Gasteiger partial charge in [-0.1, -0.05) is 13.8 Å². The largest absolute Gasteiger partial charge is 0.476 e. The second kappa shape index (κ2) is 5.56. The molecule has 2 heterocycles. The fourth-order valence-electron chi connectivity index (χ4n) is 1.63. The lowest BCUT2D eigenvalue weighted by molar-refractivity contribution is 0.0690. The SMILES string of the molecule is CC(C)CCNc1ccc2nc(C(=O)O)c(Br)n2n1. The van der Waals surface area contributed by atoms with Crippen molar-refractivity contribution in [2.24, 2.45) is 5.92 Å². The third kappa shape index (κ3) is 3.04. The zero-order valence-electron chi connectivity index (χ0n) is 10.7. The summed E-state index contributed by atoms with van der Waals surface area (Å²) in [5.41, 5.74) is 0.463. The number of anilines is 1. The van der Waals surface area contributed by atoms with Gasteiger partial charge in [0.2, 0.25) is 0 Å². The third-order valence-corrected chi connectivity index (χ3v) is 3.36. The average Bonchev–Trinajstić information content (AvgIpc) is 2.67. The van der Waals surface area contributed by atoms with E-state index >= 15 is 0 Å². The maximum absolute atomic E-state index is 11.0. The molecule has 7 heteroatoms. The van der Waals surface area contributed by atoms with E-state index in [0.717, 1.165) is 13.0 Å². The topological polar surface area (TPSA) is 79.5 Å². The molecule has 0 aromatic carbocycles. The first kappa shape index (κ1) is 13.8. The number of aromatic carboxylic acids is 1. The van der Waals surface area contributed by atoms with Crippen molar-refractivity contribution in [1.29, 1.82) is 0 Å². The number of halogens is 1. The minimum Gasteiger partial charge on any atom is -0.476 e. The van der Waals surface area contributed by atoms with E-state index in [1.807, 2.05) is 0 Å². The molecule has 6 nitrogen and oxygen atoms in total. The van der Waals surface area contributed by atoms with E-state index in [-0.39, 0.29) is 5.69 Å². The van der Waals surface area contributed by atoms with E-state index in [1.165, 1.54) is 4.52 Å². The third-order valence-electron chi connectivity index (χ3n) is 2.65. The van der Waals surface area contributed by atoms with Crippen LogP contribution in [0.4, 0.5) is 5.82 Å². The molecule has 0 atom stereocenters. The van der Waals surface area contributed by atoms with Crippen LogP contribution < -0.4 is 5.32 Å². The van der Waals surface area contributed by atoms with Crippen LogP contribution in [-0.4, -0.2) is 32.2 Å². The van der Waals surface area contributed by atoms with Crippen LogP contribution >= 0.6 is 15.9 Å². The molecule has 0 fully saturated rings. The number of nitrogens with one attached hydrogen (secondary N) is 1. The van der Waals surface area contributed by atoms with Crippen molar-refractivity contribution in [2.75, 3.05) is 11.9 Å². The van der Waals surface area contributed by atoms with Crippen molar-refractivity contribution in [3.8, 4) is 0 Å². The van der Waals surface area contributed by atoms with Crippen LogP contribution in [0.1, 0.15) is 30.8 Å². The number of carboxylic acids is 1. The van der Waals surface area contributed by atoms with Gasteiger partial charge < -0.3 is 10.4 Å². The Hall–Kier alpha value is -1.63. The first-order valence-electron chi connectivity index (χ1n) is 6.01. The van der Waals surface area contributed by atoms with Crippen molar-refractivity contribution in [2.45, 2.75) is 20.3 Å². The molecule has 0 amide bonds. The monoisotopic (exact) mass is 326 g/mol. The number of aromatic nitrogens is 3. The summed E-state index contributed by atoms with van der Waals surface area (Å²) in [7, 11) is 0. The van der Waals surface area contributed by atoms with Gasteiger partial charge in [-0.15, -0.1) is 5.10 Å². The number of imidazole rings is 1. The van der Waals surface area contributed by atoms with Crippen LogP contribution in [0.2, 0.25) is 0 Å². The van der Waals surface area contributed by atoms with Crippen LogP contribution in [0, 0.1) is 5.92 Å².